The van der Waals surface area contributed by atoms with E-state index in [0.717, 1.165) is 13.8 Å². The van der Waals surface area contributed by atoms with E-state index in [2.05, 4.69) is 9.47 Å². The van der Waals surface area contributed by atoms with Crippen molar-refractivity contribution in [2.75, 3.05) is 0 Å². The fourth-order valence-electron chi connectivity index (χ4n) is 1.08. The Balaban J connectivity index is -0.000000270. The Morgan fingerprint density at radius 1 is 0.905 bits per heavy atom. The van der Waals surface area contributed by atoms with E-state index < -0.39 is 48.3 Å². The molecule has 0 saturated carbocycles. The summed E-state index contributed by atoms with van der Waals surface area (Å²) in [5, 5.41) is 18.4. The zero-order valence-electron chi connectivity index (χ0n) is 14.2. The summed E-state index contributed by atoms with van der Waals surface area (Å²) >= 11 is 0. The molecule has 0 aromatic carbocycles. The van der Waals surface area contributed by atoms with E-state index in [-0.39, 0.29) is 62.0 Å². The summed E-state index contributed by atoms with van der Waals surface area (Å²) in [4.78, 5) is 54.0. The molecule has 11 heteroatoms. The summed E-state index contributed by atoms with van der Waals surface area (Å²) in [7, 11) is 0. The minimum Gasteiger partial charge on any atom is -1.00 e. The molecule has 2 N–H and O–H groups in total. The number of rotatable bonds is 5. The van der Waals surface area contributed by atoms with Crippen LogP contribution in [0.3, 0.4) is 0 Å². The van der Waals surface area contributed by atoms with Crippen LogP contribution in [0.1, 0.15) is 29.5 Å². The third-order valence-electron chi connectivity index (χ3n) is 1.79. The number of esters is 4. The molecule has 0 aromatic rings. The Bertz CT molecular complexity index is 412. The number of aliphatic hydroxyl groups is 1. The second-order valence-electron chi connectivity index (χ2n) is 3.62. The maximum absolute atomic E-state index is 11.1. The van der Waals surface area contributed by atoms with Crippen LogP contribution in [0, 0.1) is 0 Å². The molecule has 0 fully saturated rings. The first-order valence-electron chi connectivity index (χ1n) is 4.95. The van der Waals surface area contributed by atoms with Gasteiger partial charge in [0.15, 0.2) is 5.60 Å². The molecule has 0 bridgehead atoms. The molecule has 0 aliphatic carbocycles. The average Bonchev–Trinajstić information content (AvgIpc) is 2.12. The zero-order valence-corrected chi connectivity index (χ0v) is 16.2. The van der Waals surface area contributed by atoms with Gasteiger partial charge < -0.3 is 22.5 Å². The molecule has 0 aliphatic heterocycles. The molecule has 0 spiro atoms. The Morgan fingerprint density at radius 2 is 1.19 bits per heavy atom. The third kappa shape index (κ3) is 11.0. The molecule has 0 aromatic heterocycles. The smallest absolute Gasteiger partial charge is 1.00 e. The molecule has 21 heavy (non-hydrogen) atoms. The Labute approximate surface area is 166 Å². The van der Waals surface area contributed by atoms with Crippen molar-refractivity contribution in [3.63, 3.8) is 0 Å². The van der Waals surface area contributed by atoms with Crippen LogP contribution in [0.5, 0.6) is 0 Å². The first-order chi connectivity index (χ1) is 8.56. The van der Waals surface area contributed by atoms with Gasteiger partial charge in [-0.05, 0) is 0 Å². The van der Waals surface area contributed by atoms with E-state index >= 15 is 0 Å². The molecule has 0 atom stereocenters. The zero-order chi connectivity index (χ0) is 15.2. The Hall–Kier alpha value is -0.290. The minimum absolute atomic E-state index is 0. The summed E-state index contributed by atoms with van der Waals surface area (Å²) in [6.07, 6.45) is -2.29. The fourth-order valence-corrected chi connectivity index (χ4v) is 1.08. The van der Waals surface area contributed by atoms with Crippen LogP contribution in [0.4, 0.5) is 0 Å². The summed E-state index contributed by atoms with van der Waals surface area (Å²) in [5.41, 5.74) is -2.82. The van der Waals surface area contributed by atoms with Crippen molar-refractivity contribution in [1.29, 1.82) is 0 Å². The molecular formula is C10H14Na2O9. The topological polar surface area (TPSA) is 144 Å². The molecule has 0 rings (SSSR count). The van der Waals surface area contributed by atoms with E-state index in [9.17, 15) is 29.1 Å². The van der Waals surface area contributed by atoms with Crippen molar-refractivity contribution in [2.24, 2.45) is 0 Å². The summed E-state index contributed by atoms with van der Waals surface area (Å²) in [6.45, 7) is 1.81. The molecule has 0 aliphatic rings. The Morgan fingerprint density at radius 3 is 1.38 bits per heavy atom. The average molecular weight is 324 g/mol. The van der Waals surface area contributed by atoms with Crippen molar-refractivity contribution < 1.29 is 106 Å². The van der Waals surface area contributed by atoms with Gasteiger partial charge in [0.1, 0.15) is 0 Å². The minimum atomic E-state index is -2.82. The number of carbonyl (C=O) groups excluding carboxylic acids is 4. The third-order valence-corrected chi connectivity index (χ3v) is 1.79. The number of carboxylic acids is 1. The van der Waals surface area contributed by atoms with Gasteiger partial charge in [-0.3, -0.25) is 19.2 Å². The maximum Gasteiger partial charge on any atom is 1.00 e. The van der Waals surface area contributed by atoms with Crippen molar-refractivity contribution in [3.8, 4) is 0 Å². The van der Waals surface area contributed by atoms with Crippen molar-refractivity contribution in [3.05, 3.63) is 0 Å². The van der Waals surface area contributed by atoms with Crippen LogP contribution in [0.2, 0.25) is 0 Å². The van der Waals surface area contributed by atoms with Gasteiger partial charge in [-0.2, -0.15) is 0 Å². The van der Waals surface area contributed by atoms with E-state index in [4.69, 9.17) is 5.11 Å². The number of carboxylic acid groups (broad SMARTS) is 1. The molecule has 9 nitrogen and oxygen atoms in total. The van der Waals surface area contributed by atoms with Gasteiger partial charge in [-0.1, -0.05) is 0 Å². The number of hydrogen-bond acceptors (Lipinski definition) is 8. The van der Waals surface area contributed by atoms with Crippen LogP contribution in [0.25, 0.3) is 0 Å². The summed E-state index contributed by atoms with van der Waals surface area (Å²) in [6, 6.07) is 0. The van der Waals surface area contributed by atoms with Crippen LogP contribution in [-0.2, 0) is 33.4 Å². The van der Waals surface area contributed by atoms with Gasteiger partial charge in [-0.15, -0.1) is 0 Å². The van der Waals surface area contributed by atoms with Crippen LogP contribution in [0.15, 0.2) is 0 Å². The normalized spacial score (nSPS) is 9.48. The van der Waals surface area contributed by atoms with Crippen LogP contribution >= 0.6 is 0 Å². The molecule has 0 amide bonds. The maximum atomic E-state index is 11.1. The predicted octanol–water partition coefficient (Wildman–Crippen LogP) is -7.01. The van der Waals surface area contributed by atoms with Crippen LogP contribution in [-0.4, -0.2) is 45.7 Å². The second-order valence-corrected chi connectivity index (χ2v) is 3.62. The molecule has 0 radical (unpaired) electrons. The van der Waals surface area contributed by atoms with Gasteiger partial charge >= 0.3 is 89.0 Å². The van der Waals surface area contributed by atoms with Crippen molar-refractivity contribution in [2.45, 2.75) is 32.3 Å². The van der Waals surface area contributed by atoms with Gasteiger partial charge in [-0.25, -0.2) is 4.79 Å². The molecule has 0 unspecified atom stereocenters. The first-order valence-corrected chi connectivity index (χ1v) is 4.95. The quantitative estimate of drug-likeness (QED) is 0.286. The van der Waals surface area contributed by atoms with Crippen LogP contribution < -0.4 is 59.1 Å². The largest absolute Gasteiger partial charge is 1.00 e. The first kappa shape index (κ1) is 25.7. The molecule has 110 valence electrons. The van der Waals surface area contributed by atoms with E-state index in [1.165, 1.54) is 0 Å². The number of hydrogen-bond donors (Lipinski definition) is 2. The second kappa shape index (κ2) is 11.3. The Kier molecular flexibility index (Phi) is 13.8. The number of aliphatic carboxylic acids is 1. The van der Waals surface area contributed by atoms with E-state index in [1.54, 1.807) is 0 Å². The van der Waals surface area contributed by atoms with Gasteiger partial charge in [0.2, 0.25) is 0 Å². The molecule has 0 heterocycles. The van der Waals surface area contributed by atoms with Crippen molar-refractivity contribution >= 4 is 29.8 Å². The molecular weight excluding hydrogens is 310 g/mol. The predicted molar refractivity (Wildman–Crippen MR) is 57.6 cm³/mol. The molecule has 0 saturated heterocycles. The summed E-state index contributed by atoms with van der Waals surface area (Å²) < 4.78 is 8.08. The fraction of sp³-hybridized carbons (Fsp3) is 0.500. The number of ether oxygens (including phenoxy) is 2. The summed E-state index contributed by atoms with van der Waals surface area (Å²) in [5.74, 6) is -6.54. The SMILES string of the molecule is CC(=O)OC(=O)CC(O)(CC(=O)OC(C)=O)C(=O)O.[H-].[H-].[Na+].[Na+]. The van der Waals surface area contributed by atoms with Gasteiger partial charge in [0.05, 0.1) is 12.8 Å². The van der Waals surface area contributed by atoms with Gasteiger partial charge in [0.25, 0.3) is 0 Å². The standard InChI is InChI=1S/C10H12O9.2Na.2H/c1-5(11)18-7(13)3-10(17,9(15)16)4-8(14)19-6(2)12;;;;/h17H,3-4H2,1-2H3,(H,15,16);;;;/q;2*+1;2*-1. The van der Waals surface area contributed by atoms with Crippen molar-refractivity contribution in [1.82, 2.24) is 0 Å². The monoisotopic (exact) mass is 324 g/mol. The van der Waals surface area contributed by atoms with E-state index in [1.807, 2.05) is 0 Å². The van der Waals surface area contributed by atoms with Gasteiger partial charge in [0, 0.05) is 13.8 Å². The number of carbonyl (C=O) groups is 5. The van der Waals surface area contributed by atoms with E-state index in [0.29, 0.717) is 0 Å².